The van der Waals surface area contributed by atoms with Gasteiger partial charge in [0.25, 0.3) is 0 Å². The first-order valence-electron chi connectivity index (χ1n) is 5.26. The number of nitrogens with zero attached hydrogens (tertiary/aromatic N) is 4. The zero-order valence-electron chi connectivity index (χ0n) is 9.28. The molecule has 0 aliphatic heterocycles. The standard InChI is InChI=1S/C11H10N6S/c12-17-10(15-16-11(17)18)9-6-8(13-14-9)7-4-2-1-3-5-7/h1-6H,12H2,(H,13,14)(H,16,18). The highest BCUT2D eigenvalue weighted by molar-refractivity contribution is 7.80. The molecule has 2 aromatic heterocycles. The number of nitrogen functional groups attached to an aromatic ring is 1. The third-order valence-corrected chi connectivity index (χ3v) is 2.87. The van der Waals surface area contributed by atoms with Crippen molar-refractivity contribution in [3.63, 3.8) is 0 Å². The summed E-state index contributed by atoms with van der Waals surface area (Å²) in [4.78, 5) is 0. The first-order valence-corrected chi connectivity index (χ1v) is 5.71. The fourth-order valence-electron chi connectivity index (χ4n) is 1.66. The molecule has 90 valence electrons. The van der Waals surface area contributed by atoms with Crippen LogP contribution < -0.4 is 5.84 Å². The molecule has 0 aliphatic rings. The van der Waals surface area contributed by atoms with E-state index in [-0.39, 0.29) is 0 Å². The molecule has 3 rings (SSSR count). The summed E-state index contributed by atoms with van der Waals surface area (Å²) in [5, 5.41) is 15.2. The maximum Gasteiger partial charge on any atom is 0.207 e. The Morgan fingerprint density at radius 1 is 1.17 bits per heavy atom. The van der Waals surface area contributed by atoms with Crippen LogP contribution in [0.1, 0.15) is 0 Å². The SMILES string of the molecule is Nn1c(S)nnc1-c1cc(-c2ccccc2)n[nH]1. The monoisotopic (exact) mass is 258 g/mol. The maximum atomic E-state index is 5.75. The summed E-state index contributed by atoms with van der Waals surface area (Å²) in [5.41, 5.74) is 2.55. The molecular weight excluding hydrogens is 248 g/mol. The molecule has 1 aromatic carbocycles. The molecule has 0 spiro atoms. The van der Waals surface area contributed by atoms with Crippen molar-refractivity contribution in [1.82, 2.24) is 25.1 Å². The van der Waals surface area contributed by atoms with Crippen molar-refractivity contribution in [2.45, 2.75) is 5.16 Å². The van der Waals surface area contributed by atoms with Crippen LogP contribution in [-0.2, 0) is 0 Å². The van der Waals surface area contributed by atoms with Gasteiger partial charge in [0, 0.05) is 5.56 Å². The number of benzene rings is 1. The van der Waals surface area contributed by atoms with E-state index in [1.54, 1.807) is 0 Å². The molecule has 0 saturated heterocycles. The lowest BCUT2D eigenvalue weighted by atomic mass is 10.1. The number of aromatic amines is 1. The lowest BCUT2D eigenvalue weighted by Crippen LogP contribution is -2.10. The summed E-state index contributed by atoms with van der Waals surface area (Å²) >= 11 is 4.08. The summed E-state index contributed by atoms with van der Waals surface area (Å²) in [6.45, 7) is 0. The van der Waals surface area contributed by atoms with E-state index >= 15 is 0 Å². The van der Waals surface area contributed by atoms with Gasteiger partial charge >= 0.3 is 0 Å². The van der Waals surface area contributed by atoms with E-state index in [2.05, 4.69) is 33.0 Å². The second-order valence-corrected chi connectivity index (χ2v) is 4.13. The summed E-state index contributed by atoms with van der Waals surface area (Å²) in [5.74, 6) is 6.25. The lowest BCUT2D eigenvalue weighted by Gasteiger charge is -1.96. The van der Waals surface area contributed by atoms with Crippen molar-refractivity contribution in [3.8, 4) is 22.8 Å². The number of hydrogen-bond donors (Lipinski definition) is 3. The van der Waals surface area contributed by atoms with Gasteiger partial charge in [-0.2, -0.15) is 5.10 Å². The molecule has 0 fully saturated rings. The Labute approximate surface area is 108 Å². The average Bonchev–Trinajstić information content (AvgIpc) is 3.00. The third kappa shape index (κ3) is 1.74. The Kier molecular flexibility index (Phi) is 2.52. The summed E-state index contributed by atoms with van der Waals surface area (Å²) in [7, 11) is 0. The largest absolute Gasteiger partial charge is 0.335 e. The first-order chi connectivity index (χ1) is 8.75. The molecule has 0 unspecified atom stereocenters. The second kappa shape index (κ2) is 4.19. The summed E-state index contributed by atoms with van der Waals surface area (Å²) in [6, 6.07) is 11.7. The average molecular weight is 258 g/mol. The van der Waals surface area contributed by atoms with E-state index < -0.39 is 0 Å². The van der Waals surface area contributed by atoms with E-state index in [1.807, 2.05) is 36.4 Å². The second-order valence-electron chi connectivity index (χ2n) is 3.73. The van der Waals surface area contributed by atoms with Gasteiger partial charge in [0.05, 0.1) is 5.69 Å². The van der Waals surface area contributed by atoms with Crippen molar-refractivity contribution < 1.29 is 0 Å². The molecule has 0 amide bonds. The third-order valence-electron chi connectivity index (χ3n) is 2.57. The molecule has 0 atom stereocenters. The Morgan fingerprint density at radius 2 is 1.94 bits per heavy atom. The molecule has 0 saturated carbocycles. The number of aromatic nitrogens is 5. The number of thiol groups is 1. The Morgan fingerprint density at radius 3 is 2.61 bits per heavy atom. The molecule has 0 bridgehead atoms. The van der Waals surface area contributed by atoms with Gasteiger partial charge in [0.15, 0.2) is 0 Å². The first kappa shape index (κ1) is 10.8. The van der Waals surface area contributed by atoms with Crippen LogP contribution in [0.2, 0.25) is 0 Å². The molecule has 18 heavy (non-hydrogen) atoms. The van der Waals surface area contributed by atoms with Gasteiger partial charge in [-0.3, -0.25) is 5.10 Å². The Balaban J connectivity index is 2.02. The number of H-pyrrole nitrogens is 1. The minimum absolute atomic E-state index is 0.348. The zero-order valence-corrected chi connectivity index (χ0v) is 10.2. The van der Waals surface area contributed by atoms with E-state index in [0.717, 1.165) is 11.3 Å². The quantitative estimate of drug-likeness (QED) is 0.478. The van der Waals surface area contributed by atoms with Crippen LogP contribution in [0, 0.1) is 0 Å². The minimum Gasteiger partial charge on any atom is -0.335 e. The molecule has 3 aromatic rings. The smallest absolute Gasteiger partial charge is 0.207 e. The number of nitrogens with two attached hydrogens (primary N) is 1. The lowest BCUT2D eigenvalue weighted by molar-refractivity contribution is 0.853. The highest BCUT2D eigenvalue weighted by Crippen LogP contribution is 2.22. The highest BCUT2D eigenvalue weighted by Gasteiger charge is 2.12. The van der Waals surface area contributed by atoms with Crippen molar-refractivity contribution in [2.24, 2.45) is 0 Å². The van der Waals surface area contributed by atoms with Crippen LogP contribution >= 0.6 is 12.6 Å². The van der Waals surface area contributed by atoms with Gasteiger partial charge in [-0.25, -0.2) is 4.68 Å². The Bertz CT molecular complexity index is 672. The van der Waals surface area contributed by atoms with Crippen molar-refractivity contribution >= 4 is 12.6 Å². The van der Waals surface area contributed by atoms with Crippen molar-refractivity contribution in [3.05, 3.63) is 36.4 Å². The van der Waals surface area contributed by atoms with E-state index in [4.69, 9.17) is 5.84 Å². The van der Waals surface area contributed by atoms with Crippen LogP contribution in [0.25, 0.3) is 22.8 Å². The van der Waals surface area contributed by atoms with Crippen LogP contribution in [0.3, 0.4) is 0 Å². The predicted octanol–water partition coefficient (Wildman–Crippen LogP) is 1.34. The molecule has 7 heteroatoms. The molecule has 0 aliphatic carbocycles. The number of nitrogens with one attached hydrogen (secondary N) is 1. The van der Waals surface area contributed by atoms with Gasteiger partial charge in [0.2, 0.25) is 11.0 Å². The highest BCUT2D eigenvalue weighted by atomic mass is 32.1. The van der Waals surface area contributed by atoms with Crippen LogP contribution in [-0.4, -0.2) is 25.1 Å². The summed E-state index contributed by atoms with van der Waals surface area (Å²) < 4.78 is 1.30. The van der Waals surface area contributed by atoms with Crippen molar-refractivity contribution in [1.29, 1.82) is 0 Å². The van der Waals surface area contributed by atoms with Gasteiger partial charge in [-0.15, -0.1) is 22.8 Å². The van der Waals surface area contributed by atoms with Gasteiger partial charge < -0.3 is 5.84 Å². The van der Waals surface area contributed by atoms with Crippen LogP contribution in [0.4, 0.5) is 0 Å². The molecular formula is C11H10N6S. The molecule has 0 radical (unpaired) electrons. The normalized spacial score (nSPS) is 10.7. The summed E-state index contributed by atoms with van der Waals surface area (Å²) in [6.07, 6.45) is 0. The molecule has 6 nitrogen and oxygen atoms in total. The number of hydrogen-bond acceptors (Lipinski definition) is 5. The van der Waals surface area contributed by atoms with E-state index in [1.165, 1.54) is 4.68 Å². The van der Waals surface area contributed by atoms with Crippen molar-refractivity contribution in [2.75, 3.05) is 5.84 Å². The van der Waals surface area contributed by atoms with Crippen LogP contribution in [0.5, 0.6) is 0 Å². The van der Waals surface area contributed by atoms with Crippen LogP contribution in [0.15, 0.2) is 41.6 Å². The minimum atomic E-state index is 0.348. The van der Waals surface area contributed by atoms with Gasteiger partial charge in [0.1, 0.15) is 5.69 Å². The fraction of sp³-hybridized carbons (Fsp3) is 0. The molecule has 3 N–H and O–H groups in total. The van der Waals surface area contributed by atoms with Gasteiger partial charge in [-0.05, 0) is 6.07 Å². The van der Waals surface area contributed by atoms with E-state index in [9.17, 15) is 0 Å². The zero-order chi connectivity index (χ0) is 12.5. The fourth-order valence-corrected chi connectivity index (χ4v) is 1.80. The maximum absolute atomic E-state index is 5.75. The Hall–Kier alpha value is -2.28. The molecule has 2 heterocycles. The van der Waals surface area contributed by atoms with Gasteiger partial charge in [-0.1, -0.05) is 30.3 Å². The number of rotatable bonds is 2. The topological polar surface area (TPSA) is 85.4 Å². The van der Waals surface area contributed by atoms with E-state index in [0.29, 0.717) is 16.7 Å². The predicted molar refractivity (Wildman–Crippen MR) is 70.4 cm³/mol.